The summed E-state index contributed by atoms with van der Waals surface area (Å²) in [6.45, 7) is 2.54. The van der Waals surface area contributed by atoms with Crippen LogP contribution in [0.4, 0.5) is 0 Å². The molecule has 0 heterocycles. The van der Waals surface area contributed by atoms with Crippen LogP contribution < -0.4 is 4.74 Å². The Bertz CT molecular complexity index is 1040. The van der Waals surface area contributed by atoms with E-state index in [2.05, 4.69) is 6.07 Å². The summed E-state index contributed by atoms with van der Waals surface area (Å²) < 4.78 is 11.2. The van der Waals surface area contributed by atoms with Crippen molar-refractivity contribution in [1.29, 1.82) is 0 Å². The Labute approximate surface area is 158 Å². The number of benzene rings is 4. The van der Waals surface area contributed by atoms with Gasteiger partial charge in [0, 0.05) is 0 Å². The zero-order valence-corrected chi connectivity index (χ0v) is 15.1. The van der Waals surface area contributed by atoms with E-state index in [1.807, 2.05) is 79.7 Å². The monoisotopic (exact) mass is 356 g/mol. The van der Waals surface area contributed by atoms with Crippen LogP contribution in [-0.4, -0.2) is 19.2 Å². The molecule has 0 fully saturated rings. The van der Waals surface area contributed by atoms with Gasteiger partial charge in [-0.05, 0) is 46.7 Å². The number of carbonyl (C=O) groups is 1. The van der Waals surface area contributed by atoms with Crippen molar-refractivity contribution < 1.29 is 14.3 Å². The summed E-state index contributed by atoms with van der Waals surface area (Å²) in [4.78, 5) is 12.9. The highest BCUT2D eigenvalue weighted by Gasteiger charge is 2.16. The maximum Gasteiger partial charge on any atom is 0.339 e. The smallest absolute Gasteiger partial charge is 0.339 e. The van der Waals surface area contributed by atoms with Crippen LogP contribution in [-0.2, 0) is 4.74 Å². The Kier molecular flexibility index (Phi) is 4.75. The summed E-state index contributed by atoms with van der Waals surface area (Å²) in [7, 11) is 0. The fraction of sp³-hybridized carbons (Fsp3) is 0.125. The third-order valence-corrected chi connectivity index (χ3v) is 4.58. The van der Waals surface area contributed by atoms with Crippen molar-refractivity contribution >= 4 is 27.5 Å². The van der Waals surface area contributed by atoms with Crippen LogP contribution >= 0.6 is 0 Å². The molecule has 0 bridgehead atoms. The molecule has 0 saturated heterocycles. The summed E-state index contributed by atoms with van der Waals surface area (Å²) in [5.74, 6) is 0.447. The normalized spacial score (nSPS) is 10.9. The van der Waals surface area contributed by atoms with Crippen LogP contribution in [0, 0.1) is 6.92 Å². The van der Waals surface area contributed by atoms with Gasteiger partial charge in [-0.3, -0.25) is 0 Å². The Morgan fingerprint density at radius 2 is 1.37 bits per heavy atom. The number of carbonyl (C=O) groups excluding carboxylic acids is 1. The zero-order valence-electron chi connectivity index (χ0n) is 15.1. The zero-order chi connectivity index (χ0) is 18.6. The van der Waals surface area contributed by atoms with Gasteiger partial charge in [0.2, 0.25) is 0 Å². The minimum atomic E-state index is -0.324. The Hall–Kier alpha value is -3.33. The molecule has 4 aromatic carbocycles. The molecule has 0 aliphatic heterocycles. The molecule has 0 amide bonds. The average Bonchev–Trinajstić information content (AvgIpc) is 2.70. The summed E-state index contributed by atoms with van der Waals surface area (Å²) >= 11 is 0. The summed E-state index contributed by atoms with van der Waals surface area (Å²) in [5, 5.41) is 3.86. The van der Waals surface area contributed by atoms with Gasteiger partial charge in [-0.2, -0.15) is 0 Å². The number of rotatable bonds is 5. The van der Waals surface area contributed by atoms with Crippen LogP contribution in [0.15, 0.2) is 78.9 Å². The van der Waals surface area contributed by atoms with E-state index in [0.29, 0.717) is 12.2 Å². The van der Waals surface area contributed by atoms with Crippen molar-refractivity contribution in [2.24, 2.45) is 0 Å². The largest absolute Gasteiger partial charge is 0.490 e. The maximum absolute atomic E-state index is 12.9. The fourth-order valence-corrected chi connectivity index (χ4v) is 3.23. The SMILES string of the molecule is Cc1ccc(OCCOC(=O)c2c3ccccc3cc3ccccc23)cc1. The standard InChI is InChI=1S/C24H20O3/c1-17-10-12-20(13-11-17)26-14-15-27-24(25)23-21-8-4-2-6-18(21)16-19-7-3-5-9-22(19)23/h2-13,16H,14-15H2,1H3. The summed E-state index contributed by atoms with van der Waals surface area (Å²) in [6, 6.07) is 25.7. The average molecular weight is 356 g/mol. The lowest BCUT2D eigenvalue weighted by molar-refractivity contribution is 0.0455. The summed E-state index contributed by atoms with van der Waals surface area (Å²) in [5.41, 5.74) is 1.79. The minimum Gasteiger partial charge on any atom is -0.490 e. The van der Waals surface area contributed by atoms with E-state index in [1.165, 1.54) is 5.56 Å². The van der Waals surface area contributed by atoms with Crippen LogP contribution in [0.2, 0.25) is 0 Å². The first-order chi connectivity index (χ1) is 13.2. The van der Waals surface area contributed by atoms with Crippen molar-refractivity contribution in [3.63, 3.8) is 0 Å². The fourth-order valence-electron chi connectivity index (χ4n) is 3.23. The lowest BCUT2D eigenvalue weighted by atomic mass is 9.97. The molecule has 0 unspecified atom stereocenters. The van der Waals surface area contributed by atoms with E-state index in [0.717, 1.165) is 27.3 Å². The van der Waals surface area contributed by atoms with Gasteiger partial charge in [0.05, 0.1) is 5.56 Å². The number of ether oxygens (including phenoxy) is 2. The maximum atomic E-state index is 12.9. The topological polar surface area (TPSA) is 35.5 Å². The van der Waals surface area contributed by atoms with Gasteiger partial charge in [-0.25, -0.2) is 4.79 Å². The number of aryl methyl sites for hydroxylation is 1. The van der Waals surface area contributed by atoms with E-state index < -0.39 is 0 Å². The van der Waals surface area contributed by atoms with Crippen molar-refractivity contribution in [2.75, 3.05) is 13.2 Å². The third-order valence-electron chi connectivity index (χ3n) is 4.58. The van der Waals surface area contributed by atoms with E-state index in [1.54, 1.807) is 0 Å². The molecule has 0 aliphatic rings. The molecule has 3 heteroatoms. The first-order valence-electron chi connectivity index (χ1n) is 8.99. The second-order valence-electron chi connectivity index (χ2n) is 6.49. The molecule has 4 rings (SSSR count). The summed E-state index contributed by atoms with van der Waals surface area (Å²) in [6.07, 6.45) is 0. The second-order valence-corrected chi connectivity index (χ2v) is 6.49. The molecule has 0 saturated carbocycles. The van der Waals surface area contributed by atoms with Crippen molar-refractivity contribution in [3.05, 3.63) is 90.0 Å². The molecule has 0 aromatic heterocycles. The first kappa shape index (κ1) is 17.1. The van der Waals surface area contributed by atoms with Crippen LogP contribution in [0.25, 0.3) is 21.5 Å². The van der Waals surface area contributed by atoms with E-state index in [9.17, 15) is 4.79 Å². The first-order valence-corrected chi connectivity index (χ1v) is 8.99. The quantitative estimate of drug-likeness (QED) is 0.268. The third kappa shape index (κ3) is 3.63. The molecule has 27 heavy (non-hydrogen) atoms. The van der Waals surface area contributed by atoms with Crippen molar-refractivity contribution in [3.8, 4) is 5.75 Å². The molecule has 0 radical (unpaired) electrons. The lowest BCUT2D eigenvalue weighted by Gasteiger charge is -2.12. The van der Waals surface area contributed by atoms with Gasteiger partial charge in [-0.15, -0.1) is 0 Å². The molecule has 4 aromatic rings. The van der Waals surface area contributed by atoms with Crippen molar-refractivity contribution in [1.82, 2.24) is 0 Å². The molecule has 0 atom stereocenters. The van der Waals surface area contributed by atoms with Gasteiger partial charge >= 0.3 is 5.97 Å². The van der Waals surface area contributed by atoms with Crippen molar-refractivity contribution in [2.45, 2.75) is 6.92 Å². The molecule has 0 N–H and O–H groups in total. The van der Waals surface area contributed by atoms with E-state index in [4.69, 9.17) is 9.47 Å². The van der Waals surface area contributed by atoms with E-state index >= 15 is 0 Å². The van der Waals surface area contributed by atoms with Crippen LogP contribution in [0.1, 0.15) is 15.9 Å². The number of hydrogen-bond donors (Lipinski definition) is 0. The van der Waals surface area contributed by atoms with Crippen LogP contribution in [0.3, 0.4) is 0 Å². The molecule has 134 valence electrons. The highest BCUT2D eigenvalue weighted by molar-refractivity contribution is 6.16. The van der Waals surface area contributed by atoms with Crippen LogP contribution in [0.5, 0.6) is 5.75 Å². The number of esters is 1. The number of hydrogen-bond acceptors (Lipinski definition) is 3. The Morgan fingerprint density at radius 1 is 0.778 bits per heavy atom. The highest BCUT2D eigenvalue weighted by Crippen LogP contribution is 2.29. The number of fused-ring (bicyclic) bond motifs is 2. The highest BCUT2D eigenvalue weighted by atomic mass is 16.6. The second kappa shape index (κ2) is 7.50. The van der Waals surface area contributed by atoms with Gasteiger partial charge in [-0.1, -0.05) is 66.2 Å². The molecular weight excluding hydrogens is 336 g/mol. The molecular formula is C24H20O3. The Balaban J connectivity index is 1.53. The lowest BCUT2D eigenvalue weighted by Crippen LogP contribution is -2.13. The molecule has 3 nitrogen and oxygen atoms in total. The molecule has 0 aliphatic carbocycles. The van der Waals surface area contributed by atoms with Gasteiger partial charge in [0.1, 0.15) is 19.0 Å². The predicted molar refractivity (Wildman–Crippen MR) is 108 cm³/mol. The Morgan fingerprint density at radius 3 is 2.00 bits per heavy atom. The minimum absolute atomic E-state index is 0.199. The van der Waals surface area contributed by atoms with Gasteiger partial charge in [0.25, 0.3) is 0 Å². The predicted octanol–water partition coefficient (Wildman–Crippen LogP) is 5.54. The van der Waals surface area contributed by atoms with Gasteiger partial charge < -0.3 is 9.47 Å². The molecule has 0 spiro atoms. The van der Waals surface area contributed by atoms with E-state index in [-0.39, 0.29) is 12.6 Å². The van der Waals surface area contributed by atoms with Gasteiger partial charge in [0.15, 0.2) is 0 Å².